The summed E-state index contributed by atoms with van der Waals surface area (Å²) in [5.41, 5.74) is 0. The van der Waals surface area contributed by atoms with Gasteiger partial charge in [0.2, 0.25) is 10.0 Å². The van der Waals surface area contributed by atoms with Crippen LogP contribution in [-0.2, 0) is 10.0 Å². The summed E-state index contributed by atoms with van der Waals surface area (Å²) in [5.74, 6) is -1.97. The lowest BCUT2D eigenvalue weighted by atomic mass is 10.3. The second-order valence-corrected chi connectivity index (χ2v) is 6.01. The first-order valence-corrected chi connectivity index (χ1v) is 7.70. The van der Waals surface area contributed by atoms with E-state index in [1.165, 1.54) is 24.3 Å². The Kier molecular flexibility index (Phi) is 5.04. The van der Waals surface area contributed by atoms with Crippen LogP contribution in [0.1, 0.15) is 0 Å². The summed E-state index contributed by atoms with van der Waals surface area (Å²) < 4.78 is 70.1. The molecule has 2 aromatic rings. The zero-order chi connectivity index (χ0) is 16.2. The predicted octanol–water partition coefficient (Wildman–Crippen LogP) is 2.46. The van der Waals surface area contributed by atoms with Crippen LogP contribution in [-0.4, -0.2) is 21.6 Å². The number of benzene rings is 2. The average molecular weight is 331 g/mol. The van der Waals surface area contributed by atoms with E-state index in [-0.39, 0.29) is 13.2 Å². The summed E-state index contributed by atoms with van der Waals surface area (Å²) in [6.45, 7) is -0.211. The van der Waals surface area contributed by atoms with Crippen LogP contribution in [0, 0.1) is 17.5 Å². The molecule has 0 aliphatic carbocycles. The van der Waals surface area contributed by atoms with Crippen LogP contribution in [0.2, 0.25) is 0 Å². The van der Waals surface area contributed by atoms with Crippen molar-refractivity contribution >= 4 is 10.0 Å². The molecule has 0 aliphatic heterocycles. The smallest absolute Gasteiger partial charge is 0.243 e. The Labute approximate surface area is 125 Å². The van der Waals surface area contributed by atoms with Crippen molar-refractivity contribution in [2.24, 2.45) is 0 Å². The van der Waals surface area contributed by atoms with Crippen molar-refractivity contribution in [2.75, 3.05) is 13.2 Å². The van der Waals surface area contributed by atoms with Gasteiger partial charge in [-0.05, 0) is 42.5 Å². The minimum Gasteiger partial charge on any atom is -0.492 e. The van der Waals surface area contributed by atoms with E-state index in [0.717, 1.165) is 12.1 Å². The van der Waals surface area contributed by atoms with Gasteiger partial charge in [0.05, 0.1) is 0 Å². The molecule has 8 heteroatoms. The summed E-state index contributed by atoms with van der Waals surface area (Å²) in [7, 11) is -4.18. The lowest BCUT2D eigenvalue weighted by molar-refractivity contribution is 0.322. The largest absolute Gasteiger partial charge is 0.492 e. The molecule has 0 atom stereocenters. The number of halogens is 3. The molecule has 1 N–H and O–H groups in total. The molecule has 4 nitrogen and oxygen atoms in total. The van der Waals surface area contributed by atoms with Gasteiger partial charge in [-0.25, -0.2) is 26.3 Å². The molecule has 0 saturated heterocycles. The van der Waals surface area contributed by atoms with Crippen molar-refractivity contribution < 1.29 is 26.3 Å². The van der Waals surface area contributed by atoms with Crippen LogP contribution >= 0.6 is 0 Å². The zero-order valence-electron chi connectivity index (χ0n) is 11.2. The number of rotatable bonds is 6. The molecule has 118 valence electrons. The normalized spacial score (nSPS) is 11.4. The van der Waals surface area contributed by atoms with E-state index in [1.54, 1.807) is 0 Å². The molecule has 0 amide bonds. The van der Waals surface area contributed by atoms with Crippen LogP contribution in [0.5, 0.6) is 5.75 Å². The van der Waals surface area contributed by atoms with Gasteiger partial charge in [0.1, 0.15) is 34.7 Å². The van der Waals surface area contributed by atoms with Gasteiger partial charge in [0.15, 0.2) is 0 Å². The zero-order valence-corrected chi connectivity index (χ0v) is 12.0. The molecule has 0 heterocycles. The summed E-state index contributed by atoms with van der Waals surface area (Å²) in [4.78, 5) is -0.769. The highest BCUT2D eigenvalue weighted by Crippen LogP contribution is 2.15. The fraction of sp³-hybridized carbons (Fsp3) is 0.143. The molecule has 0 fully saturated rings. The van der Waals surface area contributed by atoms with E-state index in [0.29, 0.717) is 11.8 Å². The first kappa shape index (κ1) is 16.3. The summed E-state index contributed by atoms with van der Waals surface area (Å²) in [5, 5.41) is 0. The minimum atomic E-state index is -4.18. The Morgan fingerprint density at radius 2 is 1.59 bits per heavy atom. The molecule has 0 saturated carbocycles. The van der Waals surface area contributed by atoms with Gasteiger partial charge in [-0.3, -0.25) is 0 Å². The number of ether oxygens (including phenoxy) is 1. The Morgan fingerprint density at radius 3 is 2.27 bits per heavy atom. The van der Waals surface area contributed by atoms with Crippen molar-refractivity contribution in [3.63, 3.8) is 0 Å². The molecule has 2 rings (SSSR count). The number of nitrogens with one attached hydrogen (secondary N) is 1. The molecular weight excluding hydrogens is 319 g/mol. The van der Waals surface area contributed by atoms with Gasteiger partial charge < -0.3 is 4.74 Å². The van der Waals surface area contributed by atoms with E-state index in [2.05, 4.69) is 4.72 Å². The van der Waals surface area contributed by atoms with E-state index >= 15 is 0 Å². The maximum Gasteiger partial charge on any atom is 0.243 e. The van der Waals surface area contributed by atoms with Crippen LogP contribution < -0.4 is 9.46 Å². The maximum atomic E-state index is 13.4. The predicted molar refractivity (Wildman–Crippen MR) is 73.4 cm³/mol. The number of hydrogen-bond acceptors (Lipinski definition) is 3. The van der Waals surface area contributed by atoms with Crippen molar-refractivity contribution in [1.29, 1.82) is 0 Å². The second-order valence-electron chi connectivity index (χ2n) is 4.27. The van der Waals surface area contributed by atoms with E-state index < -0.39 is 32.4 Å². The lowest BCUT2D eigenvalue weighted by Gasteiger charge is -2.09. The van der Waals surface area contributed by atoms with Crippen molar-refractivity contribution in [3.8, 4) is 5.75 Å². The molecular formula is C14H12F3NO3S. The number of sulfonamides is 1. The van der Waals surface area contributed by atoms with E-state index in [9.17, 15) is 21.6 Å². The SMILES string of the molecule is O=S(=O)(NCCOc1ccc(F)cc1)c1cc(F)ccc1F. The minimum absolute atomic E-state index is 0.0538. The topological polar surface area (TPSA) is 55.4 Å². The summed E-state index contributed by atoms with van der Waals surface area (Å²) in [6, 6.07) is 7.32. The van der Waals surface area contributed by atoms with Gasteiger partial charge in [0, 0.05) is 6.54 Å². The standard InChI is InChI=1S/C14H12F3NO3S/c15-10-1-4-12(5-2-10)21-8-7-18-22(19,20)14-9-11(16)3-6-13(14)17/h1-6,9,18H,7-8H2. The monoisotopic (exact) mass is 331 g/mol. The van der Waals surface area contributed by atoms with Crippen LogP contribution in [0.4, 0.5) is 13.2 Å². The maximum absolute atomic E-state index is 13.4. The Balaban J connectivity index is 1.93. The first-order chi connectivity index (χ1) is 10.4. The fourth-order valence-electron chi connectivity index (χ4n) is 1.64. The molecule has 2 aromatic carbocycles. The lowest BCUT2D eigenvalue weighted by Crippen LogP contribution is -2.29. The third-order valence-electron chi connectivity index (χ3n) is 2.66. The third-order valence-corrected chi connectivity index (χ3v) is 4.14. The molecule has 0 bridgehead atoms. The summed E-state index contributed by atoms with van der Waals surface area (Å²) in [6.07, 6.45) is 0. The fourth-order valence-corrected chi connectivity index (χ4v) is 2.74. The molecule has 0 aliphatic rings. The highest BCUT2D eigenvalue weighted by molar-refractivity contribution is 7.89. The summed E-state index contributed by atoms with van der Waals surface area (Å²) >= 11 is 0. The molecule has 22 heavy (non-hydrogen) atoms. The highest BCUT2D eigenvalue weighted by atomic mass is 32.2. The van der Waals surface area contributed by atoms with Gasteiger partial charge in [0.25, 0.3) is 0 Å². The first-order valence-electron chi connectivity index (χ1n) is 6.21. The van der Waals surface area contributed by atoms with Crippen LogP contribution in [0.25, 0.3) is 0 Å². The van der Waals surface area contributed by atoms with Crippen molar-refractivity contribution in [1.82, 2.24) is 4.72 Å². The average Bonchev–Trinajstić information content (AvgIpc) is 2.48. The molecule has 0 spiro atoms. The van der Waals surface area contributed by atoms with Gasteiger partial charge >= 0.3 is 0 Å². The van der Waals surface area contributed by atoms with E-state index in [4.69, 9.17) is 4.74 Å². The Bertz CT molecular complexity index is 748. The highest BCUT2D eigenvalue weighted by Gasteiger charge is 2.19. The van der Waals surface area contributed by atoms with Crippen LogP contribution in [0.3, 0.4) is 0 Å². The van der Waals surface area contributed by atoms with Crippen LogP contribution in [0.15, 0.2) is 47.4 Å². The quantitative estimate of drug-likeness (QED) is 0.828. The van der Waals surface area contributed by atoms with E-state index in [1.807, 2.05) is 0 Å². The Hall–Kier alpha value is -2.06. The molecule has 0 unspecified atom stereocenters. The van der Waals surface area contributed by atoms with Gasteiger partial charge in [-0.15, -0.1) is 0 Å². The second kappa shape index (κ2) is 6.80. The van der Waals surface area contributed by atoms with Crippen molar-refractivity contribution in [2.45, 2.75) is 4.90 Å². The van der Waals surface area contributed by atoms with Crippen molar-refractivity contribution in [3.05, 3.63) is 59.9 Å². The molecule has 0 radical (unpaired) electrons. The van der Waals surface area contributed by atoms with Gasteiger partial charge in [-0.2, -0.15) is 0 Å². The molecule has 0 aromatic heterocycles. The Morgan fingerprint density at radius 1 is 0.955 bits per heavy atom. The van der Waals surface area contributed by atoms with Gasteiger partial charge in [-0.1, -0.05) is 0 Å². The number of hydrogen-bond donors (Lipinski definition) is 1. The third kappa shape index (κ3) is 4.22.